The summed E-state index contributed by atoms with van der Waals surface area (Å²) in [5.74, 6) is -2.59. The molecule has 0 aromatic heterocycles. The maximum atomic E-state index is 11.5. The summed E-state index contributed by atoms with van der Waals surface area (Å²) in [6.07, 6.45) is 0.382. The molecule has 0 bridgehead atoms. The fourth-order valence-electron chi connectivity index (χ4n) is 1.28. The summed E-state index contributed by atoms with van der Waals surface area (Å²) in [4.78, 5) is 32.9. The molecule has 0 aromatic carbocycles. The topological polar surface area (TPSA) is 145 Å². The number of hydrogen-bond donors (Lipinski definition) is 4. The molecular weight excluding hydrogens is 242 g/mol. The van der Waals surface area contributed by atoms with E-state index in [1.165, 1.54) is 7.11 Å². The smallest absolute Gasteiger partial charge is 0.326 e. The summed E-state index contributed by atoms with van der Waals surface area (Å²) in [5.41, 5.74) is 10.3. The summed E-state index contributed by atoms with van der Waals surface area (Å²) in [6, 6.07) is -2.18. The number of nitrogens with two attached hydrogens (primary N) is 2. The molecule has 104 valence electrons. The van der Waals surface area contributed by atoms with E-state index in [2.05, 4.69) is 5.32 Å². The van der Waals surface area contributed by atoms with Crippen molar-refractivity contribution < 1.29 is 24.2 Å². The molecule has 8 heteroatoms. The largest absolute Gasteiger partial charge is 0.480 e. The van der Waals surface area contributed by atoms with Crippen LogP contribution in [0.1, 0.15) is 19.3 Å². The van der Waals surface area contributed by atoms with Gasteiger partial charge in [0.1, 0.15) is 6.04 Å². The highest BCUT2D eigenvalue weighted by molar-refractivity contribution is 5.90. The van der Waals surface area contributed by atoms with E-state index in [1.54, 1.807) is 0 Å². The Bertz CT molecular complexity index is 308. The number of hydrogen-bond acceptors (Lipinski definition) is 5. The van der Waals surface area contributed by atoms with Gasteiger partial charge in [-0.1, -0.05) is 0 Å². The van der Waals surface area contributed by atoms with Crippen LogP contribution >= 0.6 is 0 Å². The molecule has 0 saturated heterocycles. The van der Waals surface area contributed by atoms with E-state index >= 15 is 0 Å². The zero-order chi connectivity index (χ0) is 14.1. The van der Waals surface area contributed by atoms with Crippen molar-refractivity contribution in [3.63, 3.8) is 0 Å². The van der Waals surface area contributed by atoms with Gasteiger partial charge in [0, 0.05) is 13.7 Å². The number of primary amides is 1. The lowest BCUT2D eigenvalue weighted by atomic mass is 10.1. The number of amides is 2. The van der Waals surface area contributed by atoms with Crippen molar-refractivity contribution in [1.82, 2.24) is 5.32 Å². The van der Waals surface area contributed by atoms with Crippen LogP contribution in [0.15, 0.2) is 0 Å². The number of nitrogens with one attached hydrogen (secondary N) is 1. The molecule has 0 aromatic rings. The average molecular weight is 261 g/mol. The standard InChI is InChI=1S/C10H19N3O5/c1-18-4-2-3-7(10(16)17)13-9(15)6(11)5-8(12)14/h6-7H,2-5,11H2,1H3,(H2,12,14)(H,13,15)(H,16,17). The maximum Gasteiger partial charge on any atom is 0.326 e. The second-order valence-electron chi connectivity index (χ2n) is 3.81. The Labute approximate surface area is 105 Å². The second-order valence-corrected chi connectivity index (χ2v) is 3.81. The Morgan fingerprint density at radius 1 is 1.39 bits per heavy atom. The van der Waals surface area contributed by atoms with Crippen LogP contribution in [0.5, 0.6) is 0 Å². The number of rotatable bonds is 9. The molecule has 2 unspecified atom stereocenters. The van der Waals surface area contributed by atoms with Crippen LogP contribution in [0.3, 0.4) is 0 Å². The zero-order valence-corrected chi connectivity index (χ0v) is 10.2. The molecule has 0 heterocycles. The highest BCUT2D eigenvalue weighted by Gasteiger charge is 2.23. The highest BCUT2D eigenvalue weighted by Crippen LogP contribution is 1.99. The van der Waals surface area contributed by atoms with Crippen molar-refractivity contribution in [2.45, 2.75) is 31.3 Å². The lowest BCUT2D eigenvalue weighted by molar-refractivity contribution is -0.142. The molecule has 2 atom stereocenters. The van der Waals surface area contributed by atoms with Gasteiger partial charge in [0.25, 0.3) is 0 Å². The van der Waals surface area contributed by atoms with Gasteiger partial charge >= 0.3 is 5.97 Å². The number of aliphatic carboxylic acids is 1. The van der Waals surface area contributed by atoms with Gasteiger partial charge in [-0.3, -0.25) is 9.59 Å². The summed E-state index contributed by atoms with van der Waals surface area (Å²) in [7, 11) is 1.50. The minimum atomic E-state index is -1.16. The van der Waals surface area contributed by atoms with Gasteiger partial charge in [0.2, 0.25) is 11.8 Å². The Kier molecular flexibility index (Phi) is 7.64. The van der Waals surface area contributed by atoms with Gasteiger partial charge in [-0.25, -0.2) is 4.79 Å². The predicted molar refractivity (Wildman–Crippen MR) is 62.5 cm³/mol. The third-order valence-electron chi connectivity index (χ3n) is 2.21. The molecule has 0 aliphatic carbocycles. The minimum Gasteiger partial charge on any atom is -0.480 e. The van der Waals surface area contributed by atoms with Gasteiger partial charge in [-0.05, 0) is 12.8 Å². The van der Waals surface area contributed by atoms with Crippen molar-refractivity contribution in [2.24, 2.45) is 11.5 Å². The molecule has 0 fully saturated rings. The van der Waals surface area contributed by atoms with Crippen molar-refractivity contribution >= 4 is 17.8 Å². The summed E-state index contributed by atoms with van der Waals surface area (Å²) in [5, 5.41) is 11.2. The van der Waals surface area contributed by atoms with Gasteiger partial charge in [-0.2, -0.15) is 0 Å². The Morgan fingerprint density at radius 3 is 2.44 bits per heavy atom. The molecule has 6 N–H and O–H groups in total. The van der Waals surface area contributed by atoms with Gasteiger partial charge in [-0.15, -0.1) is 0 Å². The van der Waals surface area contributed by atoms with Crippen LogP contribution in [0, 0.1) is 0 Å². The number of carbonyl (C=O) groups is 3. The van der Waals surface area contributed by atoms with Crippen molar-refractivity contribution in [2.75, 3.05) is 13.7 Å². The quantitative estimate of drug-likeness (QED) is 0.360. The van der Waals surface area contributed by atoms with Crippen LogP contribution in [0.25, 0.3) is 0 Å². The maximum absolute atomic E-state index is 11.5. The number of ether oxygens (including phenoxy) is 1. The van der Waals surface area contributed by atoms with Crippen molar-refractivity contribution in [3.05, 3.63) is 0 Å². The Morgan fingerprint density at radius 2 is 2.00 bits per heavy atom. The zero-order valence-electron chi connectivity index (χ0n) is 10.2. The number of carbonyl (C=O) groups excluding carboxylic acids is 2. The predicted octanol–water partition coefficient (Wildman–Crippen LogP) is -1.81. The molecule has 2 amide bonds. The molecule has 8 nitrogen and oxygen atoms in total. The molecule has 0 saturated carbocycles. The highest BCUT2D eigenvalue weighted by atomic mass is 16.5. The molecule has 0 rings (SSSR count). The Hall–Kier alpha value is -1.67. The van der Waals surface area contributed by atoms with E-state index in [-0.39, 0.29) is 12.8 Å². The number of carboxylic acids is 1. The SMILES string of the molecule is COCCCC(NC(=O)C(N)CC(N)=O)C(=O)O. The van der Waals surface area contributed by atoms with Crippen molar-refractivity contribution in [1.29, 1.82) is 0 Å². The minimum absolute atomic E-state index is 0.220. The van der Waals surface area contributed by atoms with Crippen LogP contribution in [0.4, 0.5) is 0 Å². The number of carboxylic acid groups (broad SMARTS) is 1. The van der Waals surface area contributed by atoms with E-state index in [1.807, 2.05) is 0 Å². The number of methoxy groups -OCH3 is 1. The molecule has 0 radical (unpaired) electrons. The fourth-order valence-corrected chi connectivity index (χ4v) is 1.28. The molecule has 0 spiro atoms. The lowest BCUT2D eigenvalue weighted by Crippen LogP contribution is -2.49. The molecule has 0 aliphatic heterocycles. The van der Waals surface area contributed by atoms with Gasteiger partial charge < -0.3 is 26.6 Å². The fraction of sp³-hybridized carbons (Fsp3) is 0.700. The van der Waals surface area contributed by atoms with Crippen molar-refractivity contribution in [3.8, 4) is 0 Å². The first kappa shape index (κ1) is 16.3. The molecule has 0 aliphatic rings. The monoisotopic (exact) mass is 261 g/mol. The first-order chi connectivity index (χ1) is 8.38. The first-order valence-corrected chi connectivity index (χ1v) is 5.44. The van der Waals surface area contributed by atoms with E-state index in [9.17, 15) is 14.4 Å². The average Bonchev–Trinajstić information content (AvgIpc) is 2.26. The van der Waals surface area contributed by atoms with Crippen LogP contribution < -0.4 is 16.8 Å². The summed E-state index contributed by atoms with van der Waals surface area (Å²) in [6.45, 7) is 0.396. The molecular formula is C10H19N3O5. The third kappa shape index (κ3) is 6.81. The first-order valence-electron chi connectivity index (χ1n) is 5.44. The van der Waals surface area contributed by atoms with Crippen LogP contribution in [0.2, 0.25) is 0 Å². The summed E-state index contributed by atoms with van der Waals surface area (Å²) >= 11 is 0. The van der Waals surface area contributed by atoms with E-state index in [0.29, 0.717) is 13.0 Å². The molecule has 18 heavy (non-hydrogen) atoms. The second kappa shape index (κ2) is 8.43. The van der Waals surface area contributed by atoms with Crippen LogP contribution in [-0.4, -0.2) is 48.7 Å². The normalized spacial score (nSPS) is 13.7. The van der Waals surface area contributed by atoms with E-state index in [4.69, 9.17) is 21.3 Å². The lowest BCUT2D eigenvalue weighted by Gasteiger charge is -2.17. The van der Waals surface area contributed by atoms with E-state index in [0.717, 1.165) is 0 Å². The Balaban J connectivity index is 4.26. The third-order valence-corrected chi connectivity index (χ3v) is 2.21. The van der Waals surface area contributed by atoms with Gasteiger partial charge in [0.05, 0.1) is 12.5 Å². The summed E-state index contributed by atoms with van der Waals surface area (Å²) < 4.78 is 4.79. The van der Waals surface area contributed by atoms with Crippen LogP contribution in [-0.2, 0) is 19.1 Å². The van der Waals surface area contributed by atoms with Gasteiger partial charge in [0.15, 0.2) is 0 Å². The van der Waals surface area contributed by atoms with E-state index < -0.39 is 29.9 Å².